The van der Waals surface area contributed by atoms with Gasteiger partial charge in [-0.15, -0.1) is 0 Å². The molecule has 0 radical (unpaired) electrons. The van der Waals surface area contributed by atoms with Gasteiger partial charge >= 0.3 is 0 Å². The van der Waals surface area contributed by atoms with E-state index in [1.165, 1.54) is 25.7 Å². The maximum absolute atomic E-state index is 6.16. The van der Waals surface area contributed by atoms with Crippen LogP contribution in [0.3, 0.4) is 0 Å². The van der Waals surface area contributed by atoms with E-state index < -0.39 is 0 Å². The van der Waals surface area contributed by atoms with Gasteiger partial charge in [0.25, 0.3) is 0 Å². The van der Waals surface area contributed by atoms with E-state index >= 15 is 0 Å². The fourth-order valence-corrected chi connectivity index (χ4v) is 4.06. The normalized spacial score (nSPS) is 23.9. The highest BCUT2D eigenvalue weighted by atomic mass is 35.5. The van der Waals surface area contributed by atoms with Crippen molar-refractivity contribution >= 4 is 29.2 Å². The lowest BCUT2D eigenvalue weighted by Gasteiger charge is -2.26. The Labute approximate surface area is 118 Å². The first kappa shape index (κ1) is 14.0. The summed E-state index contributed by atoms with van der Waals surface area (Å²) in [7, 11) is 0. The largest absolute Gasteiger partial charge is 0.308 e. The number of aromatic nitrogens is 1. The van der Waals surface area contributed by atoms with Crippen molar-refractivity contribution in [3.05, 3.63) is 22.8 Å². The van der Waals surface area contributed by atoms with E-state index in [2.05, 4.69) is 17.3 Å². The van der Waals surface area contributed by atoms with Crippen LogP contribution < -0.4 is 11.3 Å². The Bertz CT molecular complexity index is 400. The lowest BCUT2D eigenvalue weighted by atomic mass is 9.91. The van der Waals surface area contributed by atoms with Crippen molar-refractivity contribution in [3.63, 3.8) is 0 Å². The molecule has 1 aromatic rings. The van der Waals surface area contributed by atoms with Gasteiger partial charge in [-0.25, -0.2) is 10.8 Å². The number of halogens is 1. The number of hydrogen-bond acceptors (Lipinski definition) is 4. The minimum Gasteiger partial charge on any atom is -0.308 e. The molecule has 1 aliphatic rings. The third-order valence-electron chi connectivity index (χ3n) is 3.41. The topological polar surface area (TPSA) is 50.9 Å². The van der Waals surface area contributed by atoms with Crippen molar-refractivity contribution in [1.29, 1.82) is 0 Å². The molecule has 5 heteroatoms. The third kappa shape index (κ3) is 3.77. The molecule has 2 unspecified atom stereocenters. The zero-order chi connectivity index (χ0) is 13.0. The van der Waals surface area contributed by atoms with Gasteiger partial charge in [0, 0.05) is 11.0 Å². The number of hydrazine groups is 1. The Morgan fingerprint density at radius 1 is 1.50 bits per heavy atom. The molecule has 100 valence electrons. The molecule has 0 amide bonds. The van der Waals surface area contributed by atoms with Crippen molar-refractivity contribution in [2.45, 2.75) is 43.6 Å². The molecule has 0 aromatic carbocycles. The molecule has 18 heavy (non-hydrogen) atoms. The monoisotopic (exact) mass is 285 g/mol. The molecule has 1 saturated carbocycles. The predicted octanol–water partition coefficient (Wildman–Crippen LogP) is 3.83. The third-order valence-corrected chi connectivity index (χ3v) is 5.09. The van der Waals surface area contributed by atoms with Crippen molar-refractivity contribution in [3.8, 4) is 0 Å². The molecule has 0 saturated heterocycles. The van der Waals surface area contributed by atoms with Crippen LogP contribution >= 0.6 is 23.4 Å². The van der Waals surface area contributed by atoms with E-state index in [4.69, 9.17) is 17.4 Å². The fraction of sp³-hybridized carbons (Fsp3) is 0.615. The highest BCUT2D eigenvalue weighted by Gasteiger charge is 2.19. The molecule has 3 nitrogen and oxygen atoms in total. The molecule has 1 heterocycles. The SMILES string of the molecule is CC1CCCC(SCc2nc(NN)ccc2Cl)C1. The Hall–Kier alpha value is -0.450. The number of nitrogens with zero attached hydrogens (tertiary/aromatic N) is 1. The predicted molar refractivity (Wildman–Crippen MR) is 79.8 cm³/mol. The number of rotatable bonds is 4. The fourth-order valence-electron chi connectivity index (χ4n) is 2.39. The van der Waals surface area contributed by atoms with Crippen LogP contribution in [-0.2, 0) is 5.75 Å². The zero-order valence-electron chi connectivity index (χ0n) is 10.7. The van der Waals surface area contributed by atoms with E-state index in [0.717, 1.165) is 27.6 Å². The number of anilines is 1. The van der Waals surface area contributed by atoms with Crippen LogP contribution in [0.4, 0.5) is 5.82 Å². The quantitative estimate of drug-likeness (QED) is 0.652. The second kappa shape index (κ2) is 6.64. The Morgan fingerprint density at radius 3 is 3.06 bits per heavy atom. The summed E-state index contributed by atoms with van der Waals surface area (Å²) in [5.41, 5.74) is 3.49. The van der Waals surface area contributed by atoms with Crippen LogP contribution in [0.15, 0.2) is 12.1 Å². The van der Waals surface area contributed by atoms with Gasteiger partial charge in [0.15, 0.2) is 0 Å². The maximum Gasteiger partial charge on any atom is 0.140 e. The number of hydrogen-bond donors (Lipinski definition) is 2. The summed E-state index contributed by atoms with van der Waals surface area (Å²) in [6.45, 7) is 2.34. The van der Waals surface area contributed by atoms with E-state index in [9.17, 15) is 0 Å². The van der Waals surface area contributed by atoms with Gasteiger partial charge in [0.05, 0.1) is 10.7 Å². The van der Waals surface area contributed by atoms with Gasteiger partial charge < -0.3 is 5.43 Å². The lowest BCUT2D eigenvalue weighted by Crippen LogP contribution is -2.15. The summed E-state index contributed by atoms with van der Waals surface area (Å²) < 4.78 is 0. The van der Waals surface area contributed by atoms with Crippen molar-refractivity contribution < 1.29 is 0 Å². The Morgan fingerprint density at radius 2 is 2.33 bits per heavy atom. The summed E-state index contributed by atoms with van der Waals surface area (Å²) in [6.07, 6.45) is 5.37. The molecule has 1 aliphatic carbocycles. The first-order chi connectivity index (χ1) is 8.69. The van der Waals surface area contributed by atoms with Crippen molar-refractivity contribution in [2.24, 2.45) is 11.8 Å². The van der Waals surface area contributed by atoms with Crippen molar-refractivity contribution in [2.75, 3.05) is 5.43 Å². The Balaban J connectivity index is 1.92. The minimum absolute atomic E-state index is 0.673. The Kier molecular flexibility index (Phi) is 5.15. The van der Waals surface area contributed by atoms with Crippen molar-refractivity contribution in [1.82, 2.24) is 4.98 Å². The highest BCUT2D eigenvalue weighted by molar-refractivity contribution is 7.99. The molecule has 0 bridgehead atoms. The highest BCUT2D eigenvalue weighted by Crippen LogP contribution is 2.34. The van der Waals surface area contributed by atoms with E-state index in [1.54, 1.807) is 6.07 Å². The standard InChI is InChI=1S/C13H20ClN3S/c1-9-3-2-4-10(7-9)18-8-12-11(14)5-6-13(16-12)17-15/h5-6,9-10H,2-4,7-8,15H2,1H3,(H,16,17). The van der Waals surface area contributed by atoms with Crippen LogP contribution in [0, 0.1) is 5.92 Å². The van der Waals surface area contributed by atoms with Crippen LogP contribution in [0.2, 0.25) is 5.02 Å². The van der Waals surface area contributed by atoms with E-state index in [1.807, 2.05) is 17.8 Å². The van der Waals surface area contributed by atoms with Crippen LogP contribution in [0.25, 0.3) is 0 Å². The number of nitrogens with two attached hydrogens (primary N) is 1. The summed E-state index contributed by atoms with van der Waals surface area (Å²) in [5, 5.41) is 1.48. The maximum atomic E-state index is 6.16. The smallest absolute Gasteiger partial charge is 0.140 e. The number of nitrogens with one attached hydrogen (secondary N) is 1. The van der Waals surface area contributed by atoms with Gasteiger partial charge in [0.1, 0.15) is 5.82 Å². The van der Waals surface area contributed by atoms with Gasteiger partial charge in [-0.1, -0.05) is 31.4 Å². The molecule has 3 N–H and O–H groups in total. The minimum atomic E-state index is 0.673. The summed E-state index contributed by atoms with van der Waals surface area (Å²) >= 11 is 8.13. The second-order valence-electron chi connectivity index (χ2n) is 4.97. The first-order valence-corrected chi connectivity index (χ1v) is 7.85. The number of pyridine rings is 1. The van der Waals surface area contributed by atoms with Crippen LogP contribution in [0.5, 0.6) is 0 Å². The average molecular weight is 286 g/mol. The number of nitrogen functional groups attached to an aromatic ring is 1. The molecule has 1 aromatic heterocycles. The molecule has 2 atom stereocenters. The molecule has 0 aliphatic heterocycles. The first-order valence-electron chi connectivity index (χ1n) is 6.42. The van der Waals surface area contributed by atoms with Gasteiger partial charge in [-0.2, -0.15) is 11.8 Å². The van der Waals surface area contributed by atoms with Gasteiger partial charge in [-0.05, 0) is 30.9 Å². The second-order valence-corrected chi connectivity index (χ2v) is 6.67. The molecular formula is C13H20ClN3S. The van der Waals surface area contributed by atoms with Crippen LogP contribution in [0.1, 0.15) is 38.3 Å². The van der Waals surface area contributed by atoms with Gasteiger partial charge in [0.2, 0.25) is 0 Å². The van der Waals surface area contributed by atoms with Gasteiger partial charge in [-0.3, -0.25) is 0 Å². The van der Waals surface area contributed by atoms with E-state index in [-0.39, 0.29) is 0 Å². The zero-order valence-corrected chi connectivity index (χ0v) is 12.2. The molecular weight excluding hydrogens is 266 g/mol. The summed E-state index contributed by atoms with van der Waals surface area (Å²) in [4.78, 5) is 4.41. The molecule has 1 fully saturated rings. The number of thioether (sulfide) groups is 1. The molecule has 0 spiro atoms. The van der Waals surface area contributed by atoms with E-state index in [0.29, 0.717) is 5.82 Å². The summed E-state index contributed by atoms with van der Waals surface area (Å²) in [5.74, 6) is 7.76. The summed E-state index contributed by atoms with van der Waals surface area (Å²) in [6, 6.07) is 3.64. The average Bonchev–Trinajstić information content (AvgIpc) is 2.38. The lowest BCUT2D eigenvalue weighted by molar-refractivity contribution is 0.394. The molecule has 2 rings (SSSR count). The van der Waals surface area contributed by atoms with Crippen LogP contribution in [-0.4, -0.2) is 10.2 Å².